The Balaban J connectivity index is 1.86. The zero-order valence-corrected chi connectivity index (χ0v) is 34.2. The van der Waals surface area contributed by atoms with Crippen LogP contribution in [0.4, 0.5) is 4.79 Å². The molecule has 2 saturated heterocycles. The van der Waals surface area contributed by atoms with Crippen molar-refractivity contribution in [1.29, 1.82) is 0 Å². The van der Waals surface area contributed by atoms with Crippen molar-refractivity contribution in [3.8, 4) is 11.5 Å². The number of hydrogen-bond acceptors (Lipinski definition) is 10. The van der Waals surface area contributed by atoms with Gasteiger partial charge in [-0.25, -0.2) is 4.79 Å². The Kier molecular flexibility index (Phi) is 12.0. The third-order valence-electron chi connectivity index (χ3n) is 9.82. The zero-order chi connectivity index (χ0) is 36.5. The number of fused-ring (bicyclic) bond motifs is 2. The van der Waals surface area contributed by atoms with Crippen LogP contribution in [-0.2, 0) is 25.5 Å². The van der Waals surface area contributed by atoms with Crippen LogP contribution in [0.3, 0.4) is 0 Å². The van der Waals surface area contributed by atoms with Gasteiger partial charge in [-0.2, -0.15) is 0 Å². The zero-order valence-electron chi connectivity index (χ0n) is 30.6. The first kappa shape index (κ1) is 39.2. The van der Waals surface area contributed by atoms with E-state index < -0.39 is 28.7 Å². The molecule has 0 aromatic heterocycles. The minimum absolute atomic E-state index is 0.00276. The van der Waals surface area contributed by atoms with Gasteiger partial charge < -0.3 is 23.2 Å². The van der Waals surface area contributed by atoms with Crippen molar-refractivity contribution in [2.24, 2.45) is 5.16 Å². The SMILES string of the molecule is CC1CC2OC2\C=C/C=C/C(=N\OCCN2C(=O)CSC2=O)Cc2c(Cl)c(O[Si](C)(C)C(C)(C)C)cc(O[Si](C)(C)C(C)(C)C)c2C(=O)O1. The Morgan fingerprint density at radius 3 is 2.22 bits per heavy atom. The van der Waals surface area contributed by atoms with E-state index in [0.717, 1.165) is 16.7 Å². The molecular weight excluding hydrogens is 700 g/mol. The van der Waals surface area contributed by atoms with Crippen LogP contribution < -0.4 is 8.85 Å². The standard InChI is InChI=1S/C35H51ClN2O8SSi2/c1-22-18-26-25(44-26)15-13-12-14-23(37-42-17-16-38-29(39)21-47-33(38)41)19-24-30(32(40)43-22)27(45-48(8,9)34(2,3)4)20-28(31(24)36)46-49(10,11)35(5,6)7/h12-15,20,22,25-26H,16-19,21H2,1-11H3/b14-12+,15-13-,37-23+. The number of amides is 2. The maximum atomic E-state index is 14.3. The van der Waals surface area contributed by atoms with E-state index in [-0.39, 0.29) is 69.3 Å². The molecule has 1 aromatic rings. The Bertz CT molecular complexity index is 1530. The highest BCUT2D eigenvalue weighted by molar-refractivity contribution is 8.14. The lowest BCUT2D eigenvalue weighted by atomic mass is 9.99. The molecule has 14 heteroatoms. The van der Waals surface area contributed by atoms with Crippen LogP contribution in [0.1, 0.15) is 70.8 Å². The molecule has 0 radical (unpaired) electrons. The maximum Gasteiger partial charge on any atom is 0.342 e. The number of esters is 1. The summed E-state index contributed by atoms with van der Waals surface area (Å²) in [5, 5.41) is 4.05. The number of thioether (sulfide) groups is 1. The number of hydrogen-bond donors (Lipinski definition) is 0. The third-order valence-corrected chi connectivity index (χ3v) is 19.8. The summed E-state index contributed by atoms with van der Waals surface area (Å²) >= 11 is 8.22. The van der Waals surface area contributed by atoms with Gasteiger partial charge in [-0.15, -0.1) is 0 Å². The Morgan fingerprint density at radius 2 is 1.63 bits per heavy atom. The van der Waals surface area contributed by atoms with Crippen molar-refractivity contribution in [3.05, 3.63) is 46.5 Å². The van der Waals surface area contributed by atoms with Crippen molar-refractivity contribution in [2.45, 2.75) is 116 Å². The van der Waals surface area contributed by atoms with E-state index in [0.29, 0.717) is 29.2 Å². The largest absolute Gasteiger partial charge is 0.543 e. The molecule has 3 heterocycles. The van der Waals surface area contributed by atoms with Crippen LogP contribution in [-0.4, -0.2) is 81.6 Å². The van der Waals surface area contributed by atoms with Gasteiger partial charge in [0.1, 0.15) is 35.9 Å². The first-order chi connectivity index (χ1) is 22.6. The number of imide groups is 1. The van der Waals surface area contributed by atoms with Gasteiger partial charge >= 0.3 is 5.97 Å². The maximum absolute atomic E-state index is 14.3. The number of benzene rings is 1. The second kappa shape index (κ2) is 14.9. The van der Waals surface area contributed by atoms with Gasteiger partial charge in [0.25, 0.3) is 21.9 Å². The van der Waals surface area contributed by atoms with Gasteiger partial charge in [0.05, 0.1) is 29.1 Å². The molecule has 1 aromatic carbocycles. The van der Waals surface area contributed by atoms with Crippen LogP contribution >= 0.6 is 23.4 Å². The molecule has 3 unspecified atom stereocenters. The predicted molar refractivity (Wildman–Crippen MR) is 200 cm³/mol. The number of cyclic esters (lactones) is 1. The number of halogens is 1. The highest BCUT2D eigenvalue weighted by atomic mass is 35.5. The minimum atomic E-state index is -2.50. The van der Waals surface area contributed by atoms with Gasteiger partial charge in [-0.1, -0.05) is 88.3 Å². The number of carbonyl (C=O) groups excluding carboxylic acids is 3. The Labute approximate surface area is 302 Å². The Hall–Kier alpha value is -2.59. The van der Waals surface area contributed by atoms with Gasteiger partial charge in [-0.05, 0) is 54.8 Å². The number of rotatable bonds is 8. The summed E-state index contributed by atoms with van der Waals surface area (Å²) in [6.07, 6.45) is 7.47. The number of ether oxygens (including phenoxy) is 2. The van der Waals surface area contributed by atoms with Gasteiger partial charge in [0.2, 0.25) is 5.91 Å². The average Bonchev–Trinajstić information content (AvgIpc) is 3.62. The fourth-order valence-corrected chi connectivity index (χ4v) is 7.80. The average molecular weight is 751 g/mol. The normalized spacial score (nSPS) is 24.5. The van der Waals surface area contributed by atoms with E-state index in [2.05, 4.69) is 72.9 Å². The highest BCUT2D eigenvalue weighted by Gasteiger charge is 2.43. The topological polar surface area (TPSA) is 116 Å². The highest BCUT2D eigenvalue weighted by Crippen LogP contribution is 2.46. The number of allylic oxidation sites excluding steroid dienone is 3. The summed E-state index contributed by atoms with van der Waals surface area (Å²) in [5.74, 6) is 0.0968. The lowest BCUT2D eigenvalue weighted by Gasteiger charge is -2.39. The van der Waals surface area contributed by atoms with E-state index in [1.807, 2.05) is 25.2 Å². The van der Waals surface area contributed by atoms with Gasteiger partial charge in [0, 0.05) is 18.9 Å². The van der Waals surface area contributed by atoms with Gasteiger partial charge in [0.15, 0.2) is 0 Å². The number of carbonyl (C=O) groups is 3. The quantitative estimate of drug-likeness (QED) is 0.0847. The van der Waals surface area contributed by atoms with Crippen LogP contribution in [0.15, 0.2) is 35.5 Å². The molecule has 2 amide bonds. The first-order valence-electron chi connectivity index (χ1n) is 16.7. The molecule has 3 aliphatic rings. The minimum Gasteiger partial charge on any atom is -0.543 e. The first-order valence-corrected chi connectivity index (χ1v) is 23.9. The molecule has 0 aliphatic carbocycles. The van der Waals surface area contributed by atoms with E-state index >= 15 is 0 Å². The summed E-state index contributed by atoms with van der Waals surface area (Å²) in [6, 6.07) is 1.76. The van der Waals surface area contributed by atoms with Crippen LogP contribution in [0.25, 0.3) is 0 Å². The van der Waals surface area contributed by atoms with Crippen LogP contribution in [0.2, 0.25) is 41.3 Å². The van der Waals surface area contributed by atoms with E-state index in [9.17, 15) is 14.4 Å². The summed E-state index contributed by atoms with van der Waals surface area (Å²) in [7, 11) is -4.90. The monoisotopic (exact) mass is 750 g/mol. The lowest BCUT2D eigenvalue weighted by Crippen LogP contribution is -2.45. The second-order valence-electron chi connectivity index (χ2n) is 15.8. The molecule has 0 saturated carbocycles. The molecule has 3 aliphatic heterocycles. The molecule has 270 valence electrons. The molecule has 0 N–H and O–H groups in total. The summed E-state index contributed by atoms with van der Waals surface area (Å²) in [6.45, 7) is 23.3. The van der Waals surface area contributed by atoms with Crippen molar-refractivity contribution >= 4 is 62.8 Å². The fraction of sp³-hybridized carbons (Fsp3) is 0.600. The fourth-order valence-electron chi connectivity index (χ4n) is 4.70. The van der Waals surface area contributed by atoms with E-state index in [1.54, 1.807) is 12.1 Å². The molecule has 2 fully saturated rings. The smallest absolute Gasteiger partial charge is 0.342 e. The van der Waals surface area contributed by atoms with Crippen molar-refractivity contribution in [3.63, 3.8) is 0 Å². The summed E-state index contributed by atoms with van der Waals surface area (Å²) < 4.78 is 25.6. The van der Waals surface area contributed by atoms with Crippen molar-refractivity contribution < 1.29 is 37.5 Å². The molecule has 0 bridgehead atoms. The van der Waals surface area contributed by atoms with E-state index in [4.69, 9.17) is 34.8 Å². The number of oxime groups is 1. The molecule has 3 atom stereocenters. The summed E-state index contributed by atoms with van der Waals surface area (Å²) in [5.41, 5.74) is 1.10. The molecule has 4 rings (SSSR count). The van der Waals surface area contributed by atoms with Crippen molar-refractivity contribution in [1.82, 2.24) is 4.90 Å². The van der Waals surface area contributed by atoms with Crippen LogP contribution in [0.5, 0.6) is 11.5 Å². The predicted octanol–water partition coefficient (Wildman–Crippen LogP) is 8.55. The second-order valence-corrected chi connectivity index (χ2v) is 26.5. The lowest BCUT2D eigenvalue weighted by molar-refractivity contribution is -0.125. The van der Waals surface area contributed by atoms with E-state index in [1.165, 1.54) is 0 Å². The summed E-state index contributed by atoms with van der Waals surface area (Å²) in [4.78, 5) is 45.2. The molecule has 10 nitrogen and oxygen atoms in total. The van der Waals surface area contributed by atoms with Gasteiger partial charge in [-0.3, -0.25) is 14.5 Å². The third kappa shape index (κ3) is 9.60. The molecule has 49 heavy (non-hydrogen) atoms. The molecular formula is C35H51ClN2O8SSi2. The molecule has 0 spiro atoms. The van der Waals surface area contributed by atoms with Crippen LogP contribution in [0, 0.1) is 0 Å². The number of nitrogens with zero attached hydrogens (tertiary/aromatic N) is 2. The number of epoxide rings is 1. The Morgan fingerprint density at radius 1 is 1.00 bits per heavy atom. The van der Waals surface area contributed by atoms with Crippen molar-refractivity contribution in [2.75, 3.05) is 18.9 Å².